The molecule has 1 aromatic carbocycles. The quantitative estimate of drug-likeness (QED) is 0.560. The van der Waals surface area contributed by atoms with Gasteiger partial charge in [0, 0.05) is 24.7 Å². The van der Waals surface area contributed by atoms with E-state index >= 15 is 0 Å². The van der Waals surface area contributed by atoms with E-state index in [1.54, 1.807) is 0 Å². The summed E-state index contributed by atoms with van der Waals surface area (Å²) < 4.78 is 11.7. The van der Waals surface area contributed by atoms with Crippen molar-refractivity contribution in [3.63, 3.8) is 0 Å². The second-order valence-electron chi connectivity index (χ2n) is 5.96. The molecule has 0 radical (unpaired) electrons. The molecule has 122 valence electrons. The van der Waals surface area contributed by atoms with E-state index in [1.165, 1.54) is 0 Å². The molecule has 1 fully saturated rings. The van der Waals surface area contributed by atoms with Gasteiger partial charge in [0.05, 0.1) is 18.8 Å². The summed E-state index contributed by atoms with van der Waals surface area (Å²) in [7, 11) is 0. The van der Waals surface area contributed by atoms with Crippen molar-refractivity contribution in [2.24, 2.45) is 0 Å². The van der Waals surface area contributed by atoms with Gasteiger partial charge in [-0.2, -0.15) is 0 Å². The van der Waals surface area contributed by atoms with Crippen molar-refractivity contribution in [2.45, 2.75) is 38.9 Å². The van der Waals surface area contributed by atoms with E-state index in [0.717, 1.165) is 48.8 Å². The number of hydrogen-bond acceptors (Lipinski definition) is 3. The molecule has 0 aliphatic carbocycles. The van der Waals surface area contributed by atoms with E-state index in [1.807, 2.05) is 24.3 Å². The molecule has 0 spiro atoms. The summed E-state index contributed by atoms with van der Waals surface area (Å²) in [6.07, 6.45) is 4.29. The van der Waals surface area contributed by atoms with Crippen molar-refractivity contribution in [3.8, 4) is 5.75 Å². The molecule has 1 aliphatic rings. The highest BCUT2D eigenvalue weighted by molar-refractivity contribution is 6.30. The zero-order chi connectivity index (χ0) is 15.9. The fourth-order valence-corrected chi connectivity index (χ4v) is 3.14. The molecule has 4 heteroatoms. The van der Waals surface area contributed by atoms with Crippen LogP contribution in [0.5, 0.6) is 5.75 Å². The Labute approximate surface area is 138 Å². The maximum absolute atomic E-state index is 6.03. The van der Waals surface area contributed by atoms with Crippen LogP contribution in [0.4, 0.5) is 0 Å². The van der Waals surface area contributed by atoms with Gasteiger partial charge < -0.3 is 9.47 Å². The van der Waals surface area contributed by atoms with Gasteiger partial charge in [-0.15, -0.1) is 6.58 Å². The van der Waals surface area contributed by atoms with Crippen molar-refractivity contribution in [3.05, 3.63) is 41.4 Å². The Morgan fingerprint density at radius 2 is 2.09 bits per heavy atom. The van der Waals surface area contributed by atoms with E-state index in [-0.39, 0.29) is 0 Å². The second-order valence-corrected chi connectivity index (χ2v) is 6.40. The third-order valence-corrected chi connectivity index (χ3v) is 3.99. The van der Waals surface area contributed by atoms with Crippen LogP contribution in [0.3, 0.4) is 0 Å². The number of morpholine rings is 1. The fraction of sp³-hybridized carbons (Fsp3) is 0.556. The van der Waals surface area contributed by atoms with E-state index in [4.69, 9.17) is 21.1 Å². The van der Waals surface area contributed by atoms with Crippen LogP contribution in [-0.4, -0.2) is 43.3 Å². The highest BCUT2D eigenvalue weighted by Crippen LogP contribution is 2.24. The lowest BCUT2D eigenvalue weighted by Gasteiger charge is -2.35. The minimum Gasteiger partial charge on any atom is -0.493 e. The summed E-state index contributed by atoms with van der Waals surface area (Å²) in [4.78, 5) is 2.45. The van der Waals surface area contributed by atoms with Crippen LogP contribution in [-0.2, 0) is 11.2 Å². The number of hydrogen-bond donors (Lipinski definition) is 0. The maximum atomic E-state index is 6.03. The monoisotopic (exact) mass is 323 g/mol. The Bertz CT molecular complexity index is 482. The smallest absolute Gasteiger partial charge is 0.122 e. The van der Waals surface area contributed by atoms with Crippen LogP contribution in [0, 0.1) is 0 Å². The topological polar surface area (TPSA) is 21.7 Å². The third-order valence-electron chi connectivity index (χ3n) is 3.76. The Morgan fingerprint density at radius 3 is 2.77 bits per heavy atom. The molecule has 3 nitrogen and oxygen atoms in total. The van der Waals surface area contributed by atoms with Crippen LogP contribution in [0.15, 0.2) is 30.9 Å². The zero-order valence-corrected chi connectivity index (χ0v) is 14.3. The molecule has 22 heavy (non-hydrogen) atoms. The first-order valence-corrected chi connectivity index (χ1v) is 8.36. The lowest BCUT2D eigenvalue weighted by Crippen LogP contribution is -2.45. The van der Waals surface area contributed by atoms with Crippen molar-refractivity contribution >= 4 is 11.6 Å². The maximum Gasteiger partial charge on any atom is 0.122 e. The van der Waals surface area contributed by atoms with Gasteiger partial charge in [0.15, 0.2) is 0 Å². The summed E-state index contributed by atoms with van der Waals surface area (Å²) in [5.41, 5.74) is 1.09. The van der Waals surface area contributed by atoms with Crippen LogP contribution < -0.4 is 4.74 Å². The van der Waals surface area contributed by atoms with Crippen LogP contribution in [0.25, 0.3) is 0 Å². The summed E-state index contributed by atoms with van der Waals surface area (Å²) in [6.45, 7) is 11.8. The largest absolute Gasteiger partial charge is 0.493 e. The summed E-state index contributed by atoms with van der Waals surface area (Å²) in [5.74, 6) is 0.910. The molecule has 1 aliphatic heterocycles. The molecule has 1 heterocycles. The fourth-order valence-electron chi connectivity index (χ4n) is 2.94. The molecular formula is C18H26ClNO2. The van der Waals surface area contributed by atoms with E-state index in [9.17, 15) is 0 Å². The summed E-state index contributed by atoms with van der Waals surface area (Å²) in [6, 6.07) is 5.76. The van der Waals surface area contributed by atoms with Gasteiger partial charge in [-0.05, 0) is 50.5 Å². The highest BCUT2D eigenvalue weighted by Gasteiger charge is 2.21. The van der Waals surface area contributed by atoms with E-state index < -0.39 is 0 Å². The van der Waals surface area contributed by atoms with Crippen molar-refractivity contribution < 1.29 is 9.47 Å². The number of rotatable bonds is 7. The minimum absolute atomic E-state index is 0.320. The predicted octanol–water partition coefficient (Wildman–Crippen LogP) is 3.95. The number of halogens is 1. The first kappa shape index (κ1) is 17.3. The van der Waals surface area contributed by atoms with Crippen LogP contribution in [0.2, 0.25) is 5.02 Å². The standard InChI is InChI=1S/C18H26ClNO2/c1-4-6-16-11-17(19)7-8-18(16)21-10-5-9-20-12-14(2)22-15(3)13-20/h4,7-8,11,14-15H,1,5-6,9-10,12-13H2,2-3H3/t14-,15+. The predicted molar refractivity (Wildman–Crippen MR) is 91.9 cm³/mol. The van der Waals surface area contributed by atoms with Gasteiger partial charge in [0.1, 0.15) is 5.75 Å². The summed E-state index contributed by atoms with van der Waals surface area (Å²) in [5, 5.41) is 0.737. The van der Waals surface area contributed by atoms with Gasteiger partial charge in [-0.3, -0.25) is 4.90 Å². The Morgan fingerprint density at radius 1 is 1.36 bits per heavy atom. The van der Waals surface area contributed by atoms with Gasteiger partial charge >= 0.3 is 0 Å². The Kier molecular flexibility index (Phi) is 6.74. The Hall–Kier alpha value is -1.03. The van der Waals surface area contributed by atoms with Gasteiger partial charge in [0.2, 0.25) is 0 Å². The number of nitrogens with zero attached hydrogens (tertiary/aromatic N) is 1. The average Bonchev–Trinajstić information content (AvgIpc) is 2.45. The van der Waals surface area contributed by atoms with Crippen molar-refractivity contribution in [1.82, 2.24) is 4.90 Å². The third kappa shape index (κ3) is 5.31. The molecular weight excluding hydrogens is 298 g/mol. The molecule has 0 amide bonds. The van der Waals surface area contributed by atoms with Gasteiger partial charge in [0.25, 0.3) is 0 Å². The SMILES string of the molecule is C=CCc1cc(Cl)ccc1OCCCN1C[C@@H](C)O[C@@H](C)C1. The van der Waals surface area contributed by atoms with Gasteiger partial charge in [-0.1, -0.05) is 17.7 Å². The molecule has 0 aromatic heterocycles. The van der Waals surface area contributed by atoms with Crippen LogP contribution >= 0.6 is 11.6 Å². The van der Waals surface area contributed by atoms with Crippen molar-refractivity contribution in [1.29, 1.82) is 0 Å². The molecule has 0 bridgehead atoms. The zero-order valence-electron chi connectivity index (χ0n) is 13.6. The lowest BCUT2D eigenvalue weighted by molar-refractivity contribution is -0.0686. The molecule has 1 saturated heterocycles. The average molecular weight is 324 g/mol. The van der Waals surface area contributed by atoms with Crippen LogP contribution in [0.1, 0.15) is 25.8 Å². The number of allylic oxidation sites excluding steroid dienone is 1. The Balaban J connectivity index is 1.78. The van der Waals surface area contributed by atoms with E-state index in [2.05, 4.69) is 25.3 Å². The molecule has 0 saturated carbocycles. The normalized spacial score (nSPS) is 22.5. The lowest BCUT2D eigenvalue weighted by atomic mass is 10.1. The van der Waals surface area contributed by atoms with Gasteiger partial charge in [-0.25, -0.2) is 0 Å². The number of benzene rings is 1. The second kappa shape index (κ2) is 8.56. The summed E-state index contributed by atoms with van der Waals surface area (Å²) >= 11 is 6.03. The van der Waals surface area contributed by atoms with Crippen molar-refractivity contribution in [2.75, 3.05) is 26.2 Å². The first-order valence-electron chi connectivity index (χ1n) is 7.98. The molecule has 0 unspecified atom stereocenters. The molecule has 2 atom stereocenters. The van der Waals surface area contributed by atoms with E-state index in [0.29, 0.717) is 18.8 Å². The molecule has 2 rings (SSSR count). The highest BCUT2D eigenvalue weighted by atomic mass is 35.5. The first-order chi connectivity index (χ1) is 10.6. The minimum atomic E-state index is 0.320. The number of ether oxygens (including phenoxy) is 2. The molecule has 1 aromatic rings. The molecule has 0 N–H and O–H groups in total.